The molecule has 1 heterocycles. The summed E-state index contributed by atoms with van der Waals surface area (Å²) < 4.78 is 13.9. The van der Waals surface area contributed by atoms with Gasteiger partial charge in [0.2, 0.25) is 0 Å². The third-order valence-electron chi connectivity index (χ3n) is 3.60. The molecule has 1 nitrogen and oxygen atoms in total. The molecule has 0 amide bonds. The van der Waals surface area contributed by atoms with Gasteiger partial charge in [0.25, 0.3) is 0 Å². The van der Waals surface area contributed by atoms with Crippen molar-refractivity contribution < 1.29 is 4.39 Å². The lowest BCUT2D eigenvalue weighted by atomic mass is 9.85. The van der Waals surface area contributed by atoms with E-state index >= 15 is 0 Å². The Kier molecular flexibility index (Phi) is 4.21. The zero-order chi connectivity index (χ0) is 12.3. The van der Waals surface area contributed by atoms with Gasteiger partial charge in [0.15, 0.2) is 0 Å². The van der Waals surface area contributed by atoms with E-state index in [4.69, 9.17) is 0 Å². The van der Waals surface area contributed by atoms with Crippen molar-refractivity contribution in [3.8, 4) is 0 Å². The van der Waals surface area contributed by atoms with Gasteiger partial charge in [-0.1, -0.05) is 35.3 Å². The van der Waals surface area contributed by atoms with Gasteiger partial charge in [-0.25, -0.2) is 4.39 Å². The zero-order valence-electron chi connectivity index (χ0n) is 10.2. The lowest BCUT2D eigenvalue weighted by molar-refractivity contribution is 0.341. The highest BCUT2D eigenvalue weighted by Crippen LogP contribution is 2.31. The third kappa shape index (κ3) is 3.08. The van der Waals surface area contributed by atoms with Gasteiger partial charge in [0.1, 0.15) is 5.82 Å². The van der Waals surface area contributed by atoms with Crippen LogP contribution in [0, 0.1) is 5.82 Å². The molecule has 17 heavy (non-hydrogen) atoms. The smallest absolute Gasteiger partial charge is 0.124 e. The predicted octanol–water partition coefficient (Wildman–Crippen LogP) is 4.05. The van der Waals surface area contributed by atoms with E-state index in [1.54, 1.807) is 12.1 Å². The van der Waals surface area contributed by atoms with E-state index < -0.39 is 0 Å². The molecule has 1 unspecified atom stereocenters. The molecule has 3 heteroatoms. The first-order chi connectivity index (χ1) is 8.15. The van der Waals surface area contributed by atoms with Gasteiger partial charge in [-0.05, 0) is 49.9 Å². The predicted molar refractivity (Wildman–Crippen MR) is 72.7 cm³/mol. The first-order valence-corrected chi connectivity index (χ1v) is 7.13. The van der Waals surface area contributed by atoms with Crippen LogP contribution in [-0.4, -0.2) is 12.1 Å². The molecule has 0 spiro atoms. The average Bonchev–Trinajstić information content (AvgIpc) is 2.72. The minimum Gasteiger partial charge on any atom is -0.311 e. The van der Waals surface area contributed by atoms with Crippen molar-refractivity contribution in [1.29, 1.82) is 0 Å². The summed E-state index contributed by atoms with van der Waals surface area (Å²) in [4.78, 5) is 0. The quantitative estimate of drug-likeness (QED) is 0.884. The molecule has 94 valence electrons. The summed E-state index contributed by atoms with van der Waals surface area (Å²) in [6, 6.07) is 5.01. The first-order valence-electron chi connectivity index (χ1n) is 6.34. The Bertz CT molecular complexity index is 386. The summed E-state index contributed by atoms with van der Waals surface area (Å²) in [6.07, 6.45) is 5.84. The molecule has 2 rings (SSSR count). The van der Waals surface area contributed by atoms with Gasteiger partial charge in [-0.15, -0.1) is 0 Å². The lowest BCUT2D eigenvalue weighted by Crippen LogP contribution is -2.41. The van der Waals surface area contributed by atoms with Gasteiger partial charge in [0, 0.05) is 10.0 Å². The lowest BCUT2D eigenvalue weighted by Gasteiger charge is -2.30. The second kappa shape index (κ2) is 5.49. The second-order valence-corrected chi connectivity index (χ2v) is 5.83. The number of rotatable bonds is 4. The minimum atomic E-state index is -0.176. The molecule has 0 aromatic heterocycles. The maximum atomic E-state index is 13.1. The van der Waals surface area contributed by atoms with E-state index in [1.165, 1.54) is 31.2 Å². The van der Waals surface area contributed by atoms with Crippen molar-refractivity contribution in [2.24, 2.45) is 0 Å². The van der Waals surface area contributed by atoms with Crippen LogP contribution in [0.1, 0.15) is 38.2 Å². The molecule has 0 saturated carbocycles. The monoisotopic (exact) mass is 299 g/mol. The molecule has 1 atom stereocenters. The first kappa shape index (κ1) is 13.0. The Labute approximate surface area is 111 Å². The zero-order valence-corrected chi connectivity index (χ0v) is 11.8. The number of benzene rings is 1. The Morgan fingerprint density at radius 3 is 2.88 bits per heavy atom. The van der Waals surface area contributed by atoms with Gasteiger partial charge >= 0.3 is 0 Å². The van der Waals surface area contributed by atoms with E-state index in [-0.39, 0.29) is 11.4 Å². The van der Waals surface area contributed by atoms with Crippen molar-refractivity contribution in [2.75, 3.05) is 6.54 Å². The number of hydrogen-bond acceptors (Lipinski definition) is 1. The summed E-state index contributed by atoms with van der Waals surface area (Å²) in [7, 11) is 0. The maximum absolute atomic E-state index is 13.1. The van der Waals surface area contributed by atoms with E-state index in [0.29, 0.717) is 0 Å². The molecule has 1 saturated heterocycles. The van der Waals surface area contributed by atoms with E-state index in [2.05, 4.69) is 28.2 Å². The number of hydrogen-bond donors (Lipinski definition) is 1. The standard InChI is InChI=1S/C14H19BrFN/c1-2-6-14(7-3-8-17-14)10-11-4-5-12(16)9-13(11)15/h4-5,9,17H,2-3,6-8,10H2,1H3. The van der Waals surface area contributed by atoms with Crippen LogP contribution >= 0.6 is 15.9 Å². The summed E-state index contributed by atoms with van der Waals surface area (Å²) in [6.45, 7) is 3.33. The van der Waals surface area contributed by atoms with Crippen LogP contribution in [-0.2, 0) is 6.42 Å². The van der Waals surface area contributed by atoms with Crippen molar-refractivity contribution >= 4 is 15.9 Å². The van der Waals surface area contributed by atoms with Gasteiger partial charge < -0.3 is 5.32 Å². The molecular formula is C14H19BrFN. The van der Waals surface area contributed by atoms with Crippen molar-refractivity contribution in [3.05, 3.63) is 34.1 Å². The van der Waals surface area contributed by atoms with Gasteiger partial charge in [-0.3, -0.25) is 0 Å². The van der Waals surface area contributed by atoms with Crippen molar-refractivity contribution in [3.63, 3.8) is 0 Å². The molecule has 1 aromatic carbocycles. The highest BCUT2D eigenvalue weighted by Gasteiger charge is 2.32. The minimum absolute atomic E-state index is 0.176. The molecular weight excluding hydrogens is 281 g/mol. The fraction of sp³-hybridized carbons (Fsp3) is 0.571. The van der Waals surface area contributed by atoms with Gasteiger partial charge in [-0.2, -0.15) is 0 Å². The Morgan fingerprint density at radius 2 is 2.29 bits per heavy atom. The van der Waals surface area contributed by atoms with E-state index in [0.717, 1.165) is 17.4 Å². The fourth-order valence-electron chi connectivity index (χ4n) is 2.83. The Hall–Kier alpha value is -0.410. The summed E-state index contributed by atoms with van der Waals surface area (Å²) in [5, 5.41) is 3.65. The highest BCUT2D eigenvalue weighted by molar-refractivity contribution is 9.10. The van der Waals surface area contributed by atoms with Crippen LogP contribution in [0.3, 0.4) is 0 Å². The van der Waals surface area contributed by atoms with Crippen LogP contribution in [0.4, 0.5) is 4.39 Å². The Morgan fingerprint density at radius 1 is 1.47 bits per heavy atom. The molecule has 1 fully saturated rings. The molecule has 1 N–H and O–H groups in total. The van der Waals surface area contributed by atoms with Crippen LogP contribution < -0.4 is 5.32 Å². The van der Waals surface area contributed by atoms with Crippen LogP contribution in [0.5, 0.6) is 0 Å². The van der Waals surface area contributed by atoms with E-state index in [1.807, 2.05) is 6.07 Å². The maximum Gasteiger partial charge on any atom is 0.124 e. The number of halogens is 2. The summed E-state index contributed by atoms with van der Waals surface area (Å²) in [5.41, 5.74) is 1.43. The molecule has 0 aliphatic carbocycles. The van der Waals surface area contributed by atoms with Crippen LogP contribution in [0.2, 0.25) is 0 Å². The normalized spacial score (nSPS) is 24.2. The largest absolute Gasteiger partial charge is 0.311 e. The molecule has 1 aliphatic heterocycles. The topological polar surface area (TPSA) is 12.0 Å². The molecule has 1 aliphatic rings. The van der Waals surface area contributed by atoms with Gasteiger partial charge in [0.05, 0.1) is 0 Å². The van der Waals surface area contributed by atoms with Crippen molar-refractivity contribution in [1.82, 2.24) is 5.32 Å². The van der Waals surface area contributed by atoms with Crippen molar-refractivity contribution in [2.45, 2.75) is 44.6 Å². The SMILES string of the molecule is CCCC1(Cc2ccc(F)cc2Br)CCCN1. The van der Waals surface area contributed by atoms with Crippen LogP contribution in [0.25, 0.3) is 0 Å². The molecule has 1 aromatic rings. The Balaban J connectivity index is 2.17. The van der Waals surface area contributed by atoms with Crippen LogP contribution in [0.15, 0.2) is 22.7 Å². The summed E-state index contributed by atoms with van der Waals surface area (Å²) >= 11 is 3.46. The highest BCUT2D eigenvalue weighted by atomic mass is 79.9. The molecule has 0 radical (unpaired) electrons. The average molecular weight is 300 g/mol. The second-order valence-electron chi connectivity index (χ2n) is 4.97. The fourth-order valence-corrected chi connectivity index (χ4v) is 3.32. The van der Waals surface area contributed by atoms with E-state index in [9.17, 15) is 4.39 Å². The summed E-state index contributed by atoms with van der Waals surface area (Å²) in [5.74, 6) is -0.176. The third-order valence-corrected chi connectivity index (χ3v) is 4.34. The number of nitrogens with one attached hydrogen (secondary N) is 1. The molecule has 0 bridgehead atoms.